The van der Waals surface area contributed by atoms with Crippen LogP contribution in [0.25, 0.3) is 0 Å². The fourth-order valence-corrected chi connectivity index (χ4v) is 1.51. The van der Waals surface area contributed by atoms with Crippen LogP contribution in [0.1, 0.15) is 0 Å². The van der Waals surface area contributed by atoms with Gasteiger partial charge in [-0.15, -0.1) is 11.6 Å². The predicted octanol–water partition coefficient (Wildman–Crippen LogP) is 0.655. The summed E-state index contributed by atoms with van der Waals surface area (Å²) in [6, 6.07) is 0. The highest BCUT2D eigenvalue weighted by Gasteiger charge is 2.14. The summed E-state index contributed by atoms with van der Waals surface area (Å²) < 4.78 is 0. The second-order valence-corrected chi connectivity index (χ2v) is 3.20. The van der Waals surface area contributed by atoms with E-state index in [1.54, 1.807) is 11.8 Å². The van der Waals surface area contributed by atoms with Crippen molar-refractivity contribution in [1.82, 2.24) is 0 Å². The fraction of sp³-hybridized carbons (Fsp3) is 0.750. The Morgan fingerprint density at radius 3 is 3.00 bits per heavy atom. The highest BCUT2D eigenvalue weighted by Crippen LogP contribution is 2.18. The summed E-state index contributed by atoms with van der Waals surface area (Å²) in [5.41, 5.74) is 5.36. The first-order valence-electron chi connectivity index (χ1n) is 2.35. The zero-order valence-corrected chi connectivity index (χ0v) is 5.87. The van der Waals surface area contributed by atoms with Crippen LogP contribution in [-0.4, -0.2) is 22.8 Å². The molecule has 2 N–H and O–H groups in total. The molecule has 1 atom stereocenters. The molecule has 1 rings (SSSR count). The van der Waals surface area contributed by atoms with Crippen molar-refractivity contribution in [3.8, 4) is 0 Å². The van der Waals surface area contributed by atoms with Crippen LogP contribution in [0.15, 0.2) is 4.99 Å². The summed E-state index contributed by atoms with van der Waals surface area (Å²) in [6.45, 7) is 0.792. The van der Waals surface area contributed by atoms with Gasteiger partial charge in [0.15, 0.2) is 5.17 Å². The van der Waals surface area contributed by atoms with Crippen molar-refractivity contribution in [2.45, 2.75) is 5.25 Å². The number of hydrogen-bond donors (Lipinski definition) is 1. The quantitative estimate of drug-likeness (QED) is 0.562. The van der Waals surface area contributed by atoms with E-state index in [1.807, 2.05) is 0 Å². The molecule has 1 aliphatic rings. The third-order valence-electron chi connectivity index (χ3n) is 0.910. The van der Waals surface area contributed by atoms with E-state index < -0.39 is 0 Å². The van der Waals surface area contributed by atoms with Gasteiger partial charge in [0.2, 0.25) is 0 Å². The molecule has 0 aromatic carbocycles. The lowest BCUT2D eigenvalue weighted by molar-refractivity contribution is 0.982. The van der Waals surface area contributed by atoms with Gasteiger partial charge in [-0.25, -0.2) is 0 Å². The van der Waals surface area contributed by atoms with Crippen molar-refractivity contribution >= 4 is 28.5 Å². The molecule has 4 heteroatoms. The third-order valence-corrected chi connectivity index (χ3v) is 2.49. The van der Waals surface area contributed by atoms with Crippen LogP contribution in [0.5, 0.6) is 0 Å². The summed E-state index contributed by atoms with van der Waals surface area (Å²) in [4.78, 5) is 3.96. The molecule has 1 heterocycles. The van der Waals surface area contributed by atoms with Gasteiger partial charge in [-0.1, -0.05) is 11.8 Å². The van der Waals surface area contributed by atoms with Crippen molar-refractivity contribution < 1.29 is 0 Å². The molecule has 0 radical (unpaired) electrons. The van der Waals surface area contributed by atoms with Gasteiger partial charge >= 0.3 is 0 Å². The maximum atomic E-state index is 5.52. The number of rotatable bonds is 1. The van der Waals surface area contributed by atoms with Gasteiger partial charge in [-0.3, -0.25) is 4.99 Å². The first kappa shape index (κ1) is 6.23. The average Bonchev–Trinajstić information content (AvgIpc) is 2.14. The van der Waals surface area contributed by atoms with Crippen LogP contribution in [-0.2, 0) is 0 Å². The number of amidine groups is 1. The van der Waals surface area contributed by atoms with Crippen LogP contribution in [0.4, 0.5) is 0 Å². The maximum absolute atomic E-state index is 5.52. The zero-order chi connectivity index (χ0) is 5.98. The minimum atomic E-state index is 0.427. The molecule has 1 aliphatic heterocycles. The van der Waals surface area contributed by atoms with E-state index in [2.05, 4.69) is 4.99 Å². The second-order valence-electron chi connectivity index (χ2n) is 1.57. The van der Waals surface area contributed by atoms with E-state index in [0.29, 0.717) is 16.3 Å². The zero-order valence-electron chi connectivity index (χ0n) is 4.30. The standard InChI is InChI=1S/C4H7ClN2S/c5-1-3-2-7-4(6)8-3/h3H,1-2H2,(H2,6,7)/i8+3. The maximum Gasteiger partial charge on any atom is 0.154 e. The summed E-state index contributed by atoms with van der Waals surface area (Å²) in [5.74, 6) is 0.648. The van der Waals surface area contributed by atoms with E-state index in [-0.39, 0.29) is 0 Å². The Labute approximate surface area is 57.5 Å². The van der Waals surface area contributed by atoms with Crippen molar-refractivity contribution in [3.05, 3.63) is 0 Å². The van der Waals surface area contributed by atoms with Gasteiger partial charge < -0.3 is 5.73 Å². The number of halogens is 1. The molecule has 0 aliphatic carbocycles. The number of alkyl halides is 1. The lowest BCUT2D eigenvalue weighted by Gasteiger charge is -1.97. The molecule has 1 unspecified atom stereocenters. The number of aliphatic imine (C=N–C) groups is 1. The molecule has 0 saturated heterocycles. The highest BCUT2D eigenvalue weighted by molar-refractivity contribution is 8.14. The van der Waals surface area contributed by atoms with Crippen LogP contribution in [0.3, 0.4) is 0 Å². The third kappa shape index (κ3) is 1.29. The van der Waals surface area contributed by atoms with Crippen LogP contribution < -0.4 is 5.73 Å². The van der Waals surface area contributed by atoms with Crippen LogP contribution >= 0.6 is 23.4 Å². The minimum absolute atomic E-state index is 0.427. The van der Waals surface area contributed by atoms with Crippen molar-refractivity contribution in [3.63, 3.8) is 0 Å². The molecule has 0 saturated carbocycles. The molecule has 0 bridgehead atoms. The lowest BCUT2D eigenvalue weighted by atomic mass is 10.5. The molecule has 46 valence electrons. The molecular weight excluding hydrogens is 146 g/mol. The van der Waals surface area contributed by atoms with E-state index in [1.165, 1.54) is 0 Å². The number of thioether (sulfide) groups is 1. The Morgan fingerprint density at radius 2 is 2.75 bits per heavy atom. The summed E-state index contributed by atoms with van der Waals surface area (Å²) >= 11 is 7.08. The van der Waals surface area contributed by atoms with Crippen molar-refractivity contribution in [2.75, 3.05) is 12.4 Å². The van der Waals surface area contributed by atoms with E-state index in [4.69, 9.17) is 17.3 Å². The van der Waals surface area contributed by atoms with Crippen LogP contribution in [0, 0.1) is 0 Å². The molecule has 0 fully saturated rings. The first-order valence-corrected chi connectivity index (χ1v) is 3.77. The topological polar surface area (TPSA) is 38.4 Å². The van der Waals surface area contributed by atoms with Crippen LogP contribution in [0.2, 0.25) is 0 Å². The Kier molecular flexibility index (Phi) is 2.02. The lowest BCUT2D eigenvalue weighted by Crippen LogP contribution is -2.07. The number of nitrogens with two attached hydrogens (primary N) is 1. The summed E-state index contributed by atoms with van der Waals surface area (Å²) in [7, 11) is 0. The van der Waals surface area contributed by atoms with Gasteiger partial charge in [0, 0.05) is 11.1 Å². The summed E-state index contributed by atoms with van der Waals surface area (Å²) in [6.07, 6.45) is 0. The van der Waals surface area contributed by atoms with Gasteiger partial charge in [0.1, 0.15) is 0 Å². The molecular formula is C4H7ClN2S. The Hall–Kier alpha value is 0.110. The van der Waals surface area contributed by atoms with Gasteiger partial charge in [0.05, 0.1) is 6.54 Å². The van der Waals surface area contributed by atoms with Crippen molar-refractivity contribution in [1.29, 1.82) is 0 Å². The largest absolute Gasteiger partial charge is 0.379 e. The highest BCUT2D eigenvalue weighted by atomic mass is 35.5. The molecule has 8 heavy (non-hydrogen) atoms. The van der Waals surface area contributed by atoms with E-state index >= 15 is 0 Å². The van der Waals surface area contributed by atoms with Gasteiger partial charge in [-0.2, -0.15) is 0 Å². The molecule has 0 aromatic rings. The Balaban J connectivity index is 2.32. The molecule has 0 amide bonds. The van der Waals surface area contributed by atoms with E-state index in [0.717, 1.165) is 6.54 Å². The predicted molar refractivity (Wildman–Crippen MR) is 38.6 cm³/mol. The normalized spacial score (nSPS) is 28.1. The monoisotopic (exact) mass is 153 g/mol. The van der Waals surface area contributed by atoms with Crippen molar-refractivity contribution in [2.24, 2.45) is 10.7 Å². The average molecular weight is 154 g/mol. The molecule has 2 nitrogen and oxygen atoms in total. The van der Waals surface area contributed by atoms with Gasteiger partial charge in [0.25, 0.3) is 0 Å². The molecule has 0 aromatic heterocycles. The fourth-order valence-electron chi connectivity index (χ4n) is 0.517. The first-order chi connectivity index (χ1) is 3.83. The minimum Gasteiger partial charge on any atom is -0.379 e. The number of nitrogens with zero attached hydrogens (tertiary/aromatic N) is 1. The SMILES string of the molecule is NC1=NCC(CCl)[35S]1. The molecule has 0 spiro atoms. The van der Waals surface area contributed by atoms with Gasteiger partial charge in [-0.05, 0) is 0 Å². The van der Waals surface area contributed by atoms with E-state index in [9.17, 15) is 0 Å². The number of hydrogen-bond acceptors (Lipinski definition) is 3. The summed E-state index contributed by atoms with van der Waals surface area (Å²) in [5, 5.41) is 1.10. The Morgan fingerprint density at radius 1 is 2.00 bits per heavy atom. The smallest absolute Gasteiger partial charge is 0.154 e. The Bertz CT molecular complexity index is 115. The second kappa shape index (κ2) is 2.60.